The molecule has 0 aliphatic rings. The summed E-state index contributed by atoms with van der Waals surface area (Å²) in [5.41, 5.74) is 0. The predicted molar refractivity (Wildman–Crippen MR) is 94.9 cm³/mol. The van der Waals surface area contributed by atoms with Gasteiger partial charge in [0, 0.05) is 7.11 Å². The van der Waals surface area contributed by atoms with Gasteiger partial charge in [-0.1, -0.05) is 64.7 Å². The fraction of sp³-hybridized carbons (Fsp3) is 0.895. The molecule has 0 bridgehead atoms. The van der Waals surface area contributed by atoms with Gasteiger partial charge in [-0.05, 0) is 6.42 Å². The lowest BCUT2D eigenvalue weighted by Gasteiger charge is -2.06. The minimum absolute atomic E-state index is 0.0700. The van der Waals surface area contributed by atoms with E-state index in [2.05, 4.69) is 6.92 Å². The molecular weight excluding hydrogens is 308 g/mol. The van der Waals surface area contributed by atoms with E-state index < -0.39 is 0 Å². The Bertz CT molecular complexity index is 304. The van der Waals surface area contributed by atoms with Gasteiger partial charge in [-0.25, -0.2) is 0 Å². The number of carbonyl (C=O) groups is 2. The Hall–Kier alpha value is -1.10. The van der Waals surface area contributed by atoms with E-state index in [9.17, 15) is 9.59 Å². The first-order valence-corrected chi connectivity index (χ1v) is 9.50. The van der Waals surface area contributed by atoms with Crippen LogP contribution in [0.15, 0.2) is 0 Å². The normalized spacial score (nSPS) is 10.6. The molecule has 5 heteroatoms. The maximum Gasteiger partial charge on any atom is 0.306 e. The molecular formula is C19H36O5. The van der Waals surface area contributed by atoms with E-state index in [4.69, 9.17) is 14.2 Å². The van der Waals surface area contributed by atoms with Crippen LogP contribution in [0.25, 0.3) is 0 Å². The summed E-state index contributed by atoms with van der Waals surface area (Å²) in [5.74, 6) is -0.711. The van der Waals surface area contributed by atoms with Gasteiger partial charge in [-0.3, -0.25) is 9.59 Å². The van der Waals surface area contributed by atoms with Crippen LogP contribution in [0.3, 0.4) is 0 Å². The number of hydrogen-bond acceptors (Lipinski definition) is 5. The Morgan fingerprint density at radius 3 is 1.58 bits per heavy atom. The summed E-state index contributed by atoms with van der Waals surface area (Å²) in [7, 11) is 1.54. The molecule has 0 rings (SSSR count). The highest BCUT2D eigenvalue weighted by Gasteiger charge is 2.08. The third kappa shape index (κ3) is 17.3. The third-order valence-electron chi connectivity index (χ3n) is 3.84. The average molecular weight is 344 g/mol. The van der Waals surface area contributed by atoms with Gasteiger partial charge >= 0.3 is 11.9 Å². The first-order chi connectivity index (χ1) is 11.7. The molecule has 0 radical (unpaired) electrons. The quantitative estimate of drug-likeness (QED) is 0.289. The fourth-order valence-electron chi connectivity index (χ4n) is 2.36. The molecule has 0 aromatic rings. The molecule has 0 atom stereocenters. The molecule has 0 saturated heterocycles. The zero-order chi connectivity index (χ0) is 17.9. The maximum absolute atomic E-state index is 11.5. The van der Waals surface area contributed by atoms with Crippen LogP contribution in [0, 0.1) is 0 Å². The largest absolute Gasteiger partial charge is 0.466 e. The number of methoxy groups -OCH3 is 1. The van der Waals surface area contributed by atoms with Crippen molar-refractivity contribution in [2.75, 3.05) is 26.9 Å². The van der Waals surface area contributed by atoms with Crippen molar-refractivity contribution in [2.24, 2.45) is 0 Å². The number of rotatable bonds is 17. The molecule has 24 heavy (non-hydrogen) atoms. The van der Waals surface area contributed by atoms with Crippen LogP contribution >= 0.6 is 0 Å². The van der Waals surface area contributed by atoms with Crippen molar-refractivity contribution >= 4 is 11.9 Å². The molecule has 0 amide bonds. The van der Waals surface area contributed by atoms with Crippen molar-refractivity contribution in [3.63, 3.8) is 0 Å². The molecule has 0 heterocycles. The number of hydrogen-bond donors (Lipinski definition) is 0. The average Bonchev–Trinajstić information content (AvgIpc) is 2.58. The highest BCUT2D eigenvalue weighted by atomic mass is 16.6. The molecule has 0 aliphatic carbocycles. The van der Waals surface area contributed by atoms with Crippen molar-refractivity contribution < 1.29 is 23.8 Å². The van der Waals surface area contributed by atoms with Gasteiger partial charge in [0.2, 0.25) is 0 Å². The second-order valence-electron chi connectivity index (χ2n) is 6.12. The van der Waals surface area contributed by atoms with Crippen LogP contribution in [0.1, 0.15) is 84.0 Å². The number of carbonyl (C=O) groups excluding carboxylic acids is 2. The van der Waals surface area contributed by atoms with Crippen LogP contribution in [0.5, 0.6) is 0 Å². The van der Waals surface area contributed by atoms with Gasteiger partial charge in [0.25, 0.3) is 0 Å². The molecule has 142 valence electrons. The number of esters is 2. The van der Waals surface area contributed by atoms with Crippen LogP contribution in [-0.2, 0) is 23.8 Å². The van der Waals surface area contributed by atoms with Gasteiger partial charge in [-0.15, -0.1) is 0 Å². The van der Waals surface area contributed by atoms with Crippen LogP contribution < -0.4 is 0 Å². The lowest BCUT2D eigenvalue weighted by molar-refractivity contribution is -0.151. The highest BCUT2D eigenvalue weighted by Crippen LogP contribution is 2.10. The molecule has 5 nitrogen and oxygen atoms in total. The van der Waals surface area contributed by atoms with E-state index in [1.165, 1.54) is 51.4 Å². The SMILES string of the molecule is CCCCCCCCCCCCOC(=O)CCC(=O)OCCOC. The molecule has 0 aliphatic heterocycles. The van der Waals surface area contributed by atoms with Crippen molar-refractivity contribution in [1.82, 2.24) is 0 Å². The molecule has 0 N–H and O–H groups in total. The van der Waals surface area contributed by atoms with Crippen LogP contribution in [0.4, 0.5) is 0 Å². The van der Waals surface area contributed by atoms with Crippen molar-refractivity contribution in [1.29, 1.82) is 0 Å². The Morgan fingerprint density at radius 1 is 0.625 bits per heavy atom. The number of ether oxygens (including phenoxy) is 3. The highest BCUT2D eigenvalue weighted by molar-refractivity contribution is 5.77. The fourth-order valence-corrected chi connectivity index (χ4v) is 2.36. The molecule has 0 saturated carbocycles. The van der Waals surface area contributed by atoms with E-state index in [1.54, 1.807) is 7.11 Å². The monoisotopic (exact) mass is 344 g/mol. The smallest absolute Gasteiger partial charge is 0.306 e. The summed E-state index contributed by atoms with van der Waals surface area (Å²) in [5, 5.41) is 0. The van der Waals surface area contributed by atoms with E-state index in [-0.39, 0.29) is 31.4 Å². The Balaban J connectivity index is 3.27. The van der Waals surface area contributed by atoms with Gasteiger partial charge < -0.3 is 14.2 Å². The predicted octanol–water partition coefficient (Wildman–Crippen LogP) is 4.42. The third-order valence-corrected chi connectivity index (χ3v) is 3.84. The zero-order valence-corrected chi connectivity index (χ0v) is 15.6. The summed E-state index contributed by atoms with van der Waals surface area (Å²) < 4.78 is 14.8. The second kappa shape index (κ2) is 18.2. The summed E-state index contributed by atoms with van der Waals surface area (Å²) in [4.78, 5) is 22.8. The van der Waals surface area contributed by atoms with Crippen LogP contribution in [0.2, 0.25) is 0 Å². The molecule has 0 unspecified atom stereocenters. The van der Waals surface area contributed by atoms with E-state index in [1.807, 2.05) is 0 Å². The van der Waals surface area contributed by atoms with Gasteiger partial charge in [0.15, 0.2) is 0 Å². The van der Waals surface area contributed by atoms with Gasteiger partial charge in [-0.2, -0.15) is 0 Å². The van der Waals surface area contributed by atoms with Crippen molar-refractivity contribution in [2.45, 2.75) is 84.0 Å². The topological polar surface area (TPSA) is 61.8 Å². The molecule has 0 aromatic heterocycles. The van der Waals surface area contributed by atoms with Gasteiger partial charge in [0.1, 0.15) is 6.61 Å². The minimum atomic E-state index is -0.386. The first-order valence-electron chi connectivity index (χ1n) is 9.50. The Labute approximate surface area is 147 Å². The van der Waals surface area contributed by atoms with E-state index in [0.717, 1.165) is 12.8 Å². The summed E-state index contributed by atoms with van der Waals surface area (Å²) in [6.07, 6.45) is 12.7. The Morgan fingerprint density at radius 2 is 1.08 bits per heavy atom. The number of unbranched alkanes of at least 4 members (excludes halogenated alkanes) is 9. The van der Waals surface area contributed by atoms with E-state index in [0.29, 0.717) is 13.2 Å². The second-order valence-corrected chi connectivity index (χ2v) is 6.12. The lowest BCUT2D eigenvalue weighted by Crippen LogP contribution is -2.13. The summed E-state index contributed by atoms with van der Waals surface area (Å²) >= 11 is 0. The summed E-state index contributed by atoms with van der Waals surface area (Å²) in [6, 6.07) is 0. The zero-order valence-electron chi connectivity index (χ0n) is 15.6. The minimum Gasteiger partial charge on any atom is -0.466 e. The summed E-state index contributed by atoms with van der Waals surface area (Å²) in [6.45, 7) is 3.29. The maximum atomic E-state index is 11.5. The van der Waals surface area contributed by atoms with Gasteiger partial charge in [0.05, 0.1) is 26.1 Å². The molecule has 0 aromatic carbocycles. The first kappa shape index (κ1) is 22.9. The molecule has 0 spiro atoms. The van der Waals surface area contributed by atoms with Crippen molar-refractivity contribution in [3.8, 4) is 0 Å². The van der Waals surface area contributed by atoms with Crippen molar-refractivity contribution in [3.05, 3.63) is 0 Å². The Kier molecular flexibility index (Phi) is 17.4. The standard InChI is InChI=1S/C19H36O5/c1-3-4-5-6-7-8-9-10-11-12-15-23-18(20)13-14-19(21)24-17-16-22-2/h3-17H2,1-2H3. The lowest BCUT2D eigenvalue weighted by atomic mass is 10.1. The van der Waals surface area contributed by atoms with Crippen LogP contribution in [-0.4, -0.2) is 38.9 Å². The van der Waals surface area contributed by atoms with E-state index >= 15 is 0 Å². The molecule has 0 fully saturated rings.